The van der Waals surface area contributed by atoms with E-state index in [0.717, 1.165) is 24.8 Å². The number of hydrogen-bond donors (Lipinski definition) is 1. The van der Waals surface area contributed by atoms with Crippen molar-refractivity contribution in [2.45, 2.75) is 24.7 Å². The number of rotatable bonds is 2. The molecule has 3 aliphatic rings. The van der Waals surface area contributed by atoms with Crippen molar-refractivity contribution in [3.8, 4) is 0 Å². The normalized spacial score (nSPS) is 35.8. The van der Waals surface area contributed by atoms with Gasteiger partial charge in [0.1, 0.15) is 0 Å². The highest BCUT2D eigenvalue weighted by molar-refractivity contribution is 6.30. The zero-order chi connectivity index (χ0) is 11.3. The van der Waals surface area contributed by atoms with Crippen LogP contribution in [0.3, 0.4) is 0 Å². The van der Waals surface area contributed by atoms with Crippen LogP contribution in [-0.4, -0.2) is 11.1 Å². The topological polar surface area (TPSA) is 37.3 Å². The molecule has 3 aliphatic carbocycles. The number of carboxylic acid groups (broad SMARTS) is 1. The molecule has 2 bridgehead atoms. The van der Waals surface area contributed by atoms with Crippen LogP contribution in [-0.2, 0) is 10.2 Å². The van der Waals surface area contributed by atoms with Gasteiger partial charge in [0.05, 0.1) is 5.92 Å². The Morgan fingerprint density at radius 2 is 2.06 bits per heavy atom. The third-order valence-electron chi connectivity index (χ3n) is 4.34. The molecule has 0 saturated heterocycles. The molecule has 0 spiro atoms. The highest BCUT2D eigenvalue weighted by Gasteiger charge is 2.62. The molecule has 1 aromatic rings. The summed E-state index contributed by atoms with van der Waals surface area (Å²) >= 11 is 5.86. The maximum absolute atomic E-state index is 11.3. The fraction of sp³-hybridized carbons (Fsp3) is 0.462. The van der Waals surface area contributed by atoms with E-state index in [0.29, 0.717) is 10.9 Å². The highest BCUT2D eigenvalue weighted by atomic mass is 35.5. The van der Waals surface area contributed by atoms with Gasteiger partial charge in [-0.15, -0.1) is 0 Å². The highest BCUT2D eigenvalue weighted by Crippen LogP contribution is 2.63. The molecule has 3 atom stereocenters. The maximum atomic E-state index is 11.3. The van der Waals surface area contributed by atoms with Crippen molar-refractivity contribution in [2.75, 3.05) is 0 Å². The van der Waals surface area contributed by atoms with E-state index in [4.69, 9.17) is 11.6 Å². The summed E-state index contributed by atoms with van der Waals surface area (Å²) < 4.78 is 0. The van der Waals surface area contributed by atoms with Crippen LogP contribution < -0.4 is 0 Å². The molecule has 0 aliphatic heterocycles. The molecular weight excluding hydrogens is 224 g/mol. The van der Waals surface area contributed by atoms with Crippen molar-refractivity contribution < 1.29 is 9.90 Å². The van der Waals surface area contributed by atoms with Crippen LogP contribution in [0.2, 0.25) is 5.02 Å². The van der Waals surface area contributed by atoms with E-state index in [1.165, 1.54) is 0 Å². The first-order valence-corrected chi connectivity index (χ1v) is 6.00. The molecule has 3 fully saturated rings. The van der Waals surface area contributed by atoms with E-state index in [2.05, 4.69) is 0 Å². The number of benzene rings is 1. The lowest BCUT2D eigenvalue weighted by molar-refractivity contribution is -0.150. The summed E-state index contributed by atoms with van der Waals surface area (Å²) in [6, 6.07) is 7.69. The first-order valence-electron chi connectivity index (χ1n) is 5.62. The second-order valence-electron chi connectivity index (χ2n) is 4.98. The lowest BCUT2D eigenvalue weighted by atomic mass is 9.57. The summed E-state index contributed by atoms with van der Waals surface area (Å²) in [6.07, 6.45) is 3.10. The average Bonchev–Trinajstić information content (AvgIpc) is 2.76. The van der Waals surface area contributed by atoms with Crippen LogP contribution >= 0.6 is 11.6 Å². The number of carbonyl (C=O) groups is 1. The molecular formula is C13H13ClO2. The van der Waals surface area contributed by atoms with E-state index >= 15 is 0 Å². The van der Waals surface area contributed by atoms with Crippen molar-refractivity contribution in [1.82, 2.24) is 0 Å². The summed E-state index contributed by atoms with van der Waals surface area (Å²) in [5, 5.41) is 9.98. The van der Waals surface area contributed by atoms with Gasteiger partial charge in [-0.05, 0) is 42.9 Å². The number of halogens is 1. The average molecular weight is 237 g/mol. The smallest absolute Gasteiger partial charge is 0.307 e. The van der Waals surface area contributed by atoms with Crippen molar-refractivity contribution in [2.24, 2.45) is 11.8 Å². The van der Waals surface area contributed by atoms with Gasteiger partial charge in [0.2, 0.25) is 0 Å². The van der Waals surface area contributed by atoms with Gasteiger partial charge in [0.15, 0.2) is 0 Å². The molecule has 0 amide bonds. The Morgan fingerprint density at radius 3 is 2.62 bits per heavy atom. The number of aliphatic carboxylic acids is 1. The van der Waals surface area contributed by atoms with Crippen molar-refractivity contribution >= 4 is 17.6 Å². The molecule has 1 N–H and O–H groups in total. The fourth-order valence-corrected chi connectivity index (χ4v) is 3.76. The second-order valence-corrected chi connectivity index (χ2v) is 5.42. The summed E-state index contributed by atoms with van der Waals surface area (Å²) in [5.74, 6) is -0.412. The first kappa shape index (κ1) is 10.2. The van der Waals surface area contributed by atoms with Crippen LogP contribution in [0.25, 0.3) is 0 Å². The molecule has 0 radical (unpaired) electrons. The number of hydrogen-bond acceptors (Lipinski definition) is 1. The number of fused-ring (bicyclic) bond motifs is 1. The monoisotopic (exact) mass is 236 g/mol. The van der Waals surface area contributed by atoms with Gasteiger partial charge in [-0.1, -0.05) is 23.7 Å². The second kappa shape index (κ2) is 3.24. The van der Waals surface area contributed by atoms with Crippen LogP contribution in [0.5, 0.6) is 0 Å². The minimum atomic E-state index is -0.635. The Labute approximate surface area is 99.2 Å². The molecule has 16 heavy (non-hydrogen) atoms. The Bertz CT molecular complexity index is 436. The molecule has 2 nitrogen and oxygen atoms in total. The fourth-order valence-electron chi connectivity index (χ4n) is 3.63. The van der Waals surface area contributed by atoms with Crippen LogP contribution in [0.15, 0.2) is 24.3 Å². The zero-order valence-electron chi connectivity index (χ0n) is 8.82. The number of carboxylic acids is 1. The summed E-state index contributed by atoms with van der Waals surface area (Å²) in [6.45, 7) is 0. The summed E-state index contributed by atoms with van der Waals surface area (Å²) in [7, 11) is 0. The van der Waals surface area contributed by atoms with Gasteiger partial charge < -0.3 is 5.11 Å². The van der Waals surface area contributed by atoms with Crippen LogP contribution in [0.4, 0.5) is 0 Å². The zero-order valence-corrected chi connectivity index (χ0v) is 9.57. The maximum Gasteiger partial charge on any atom is 0.307 e. The van der Waals surface area contributed by atoms with Crippen LogP contribution in [0.1, 0.15) is 24.8 Å². The summed E-state index contributed by atoms with van der Waals surface area (Å²) in [5.41, 5.74) is 1.05. The molecule has 84 valence electrons. The first-order chi connectivity index (χ1) is 7.63. The minimum absolute atomic E-state index is 0.0961. The standard InChI is InChI=1S/C13H13ClO2/c14-10-3-1-9(2-4-10)13-6-5-8(7-13)11(13)12(15)16/h1-4,8,11H,5-7H2,(H,15,16). The van der Waals surface area contributed by atoms with E-state index in [9.17, 15) is 9.90 Å². The quantitative estimate of drug-likeness (QED) is 0.857. The predicted octanol–water partition coefficient (Wildman–Crippen LogP) is 3.09. The molecule has 4 rings (SSSR count). The largest absolute Gasteiger partial charge is 0.481 e. The van der Waals surface area contributed by atoms with Crippen LogP contribution in [0, 0.1) is 11.8 Å². The van der Waals surface area contributed by atoms with Crippen molar-refractivity contribution in [1.29, 1.82) is 0 Å². The SMILES string of the molecule is O=C(O)C1C2CCC1(c1ccc(Cl)cc1)C2. The van der Waals surface area contributed by atoms with E-state index in [1.54, 1.807) is 0 Å². The van der Waals surface area contributed by atoms with Gasteiger partial charge in [0.25, 0.3) is 0 Å². The van der Waals surface area contributed by atoms with Gasteiger partial charge in [-0.3, -0.25) is 4.79 Å². The Hall–Kier alpha value is -1.02. The Morgan fingerprint density at radius 1 is 1.38 bits per heavy atom. The molecule has 3 saturated carbocycles. The molecule has 3 unspecified atom stereocenters. The lowest BCUT2D eigenvalue weighted by Crippen LogP contribution is -2.48. The van der Waals surface area contributed by atoms with E-state index < -0.39 is 5.97 Å². The summed E-state index contributed by atoms with van der Waals surface area (Å²) in [4.78, 5) is 11.3. The molecule has 1 aromatic carbocycles. The Balaban J connectivity index is 2.00. The lowest BCUT2D eigenvalue weighted by Gasteiger charge is -2.45. The van der Waals surface area contributed by atoms with Gasteiger partial charge in [0, 0.05) is 10.4 Å². The van der Waals surface area contributed by atoms with Gasteiger partial charge >= 0.3 is 5.97 Å². The molecule has 0 aromatic heterocycles. The van der Waals surface area contributed by atoms with E-state index in [-0.39, 0.29) is 11.3 Å². The Kier molecular flexibility index (Phi) is 2.05. The molecule has 0 heterocycles. The van der Waals surface area contributed by atoms with Gasteiger partial charge in [-0.25, -0.2) is 0 Å². The minimum Gasteiger partial charge on any atom is -0.481 e. The van der Waals surface area contributed by atoms with Gasteiger partial charge in [-0.2, -0.15) is 0 Å². The predicted molar refractivity (Wildman–Crippen MR) is 61.6 cm³/mol. The van der Waals surface area contributed by atoms with Crippen molar-refractivity contribution in [3.63, 3.8) is 0 Å². The van der Waals surface area contributed by atoms with Crippen molar-refractivity contribution in [3.05, 3.63) is 34.9 Å². The third kappa shape index (κ3) is 1.17. The third-order valence-corrected chi connectivity index (χ3v) is 4.59. The van der Waals surface area contributed by atoms with E-state index in [1.807, 2.05) is 24.3 Å². The molecule has 3 heteroatoms.